The van der Waals surface area contributed by atoms with E-state index < -0.39 is 6.04 Å². The van der Waals surface area contributed by atoms with E-state index in [1.54, 1.807) is 4.90 Å². The van der Waals surface area contributed by atoms with E-state index >= 15 is 0 Å². The van der Waals surface area contributed by atoms with Crippen LogP contribution in [-0.2, 0) is 22.6 Å². The van der Waals surface area contributed by atoms with E-state index in [-0.39, 0.29) is 11.8 Å². The first-order chi connectivity index (χ1) is 17.4. The SMILES string of the molecule is CC(C)CNC(=O)[C@@H](Cc1ccccc1)N(Cc1ccc(Br)cc1)C(=O)CCCOc1ccccc1. The standard InChI is InChI=1S/C30H35BrN2O3/c1-23(2)21-32-30(35)28(20-24-10-5-3-6-11-24)33(22-25-15-17-26(31)18-16-25)29(34)14-9-19-36-27-12-7-4-8-13-27/h3-8,10-13,15-18,23,28H,9,14,19-22H2,1-2H3,(H,32,35)/t28-/m1/s1. The number of rotatable bonds is 13. The molecule has 190 valence electrons. The highest BCUT2D eigenvalue weighted by Gasteiger charge is 2.30. The van der Waals surface area contributed by atoms with Crippen LogP contribution in [0.3, 0.4) is 0 Å². The molecule has 0 aliphatic heterocycles. The van der Waals surface area contributed by atoms with Gasteiger partial charge in [-0.1, -0.05) is 90.4 Å². The lowest BCUT2D eigenvalue weighted by Crippen LogP contribution is -2.51. The van der Waals surface area contributed by atoms with Gasteiger partial charge in [-0.2, -0.15) is 0 Å². The second kappa shape index (κ2) is 14.4. The van der Waals surface area contributed by atoms with Gasteiger partial charge in [0.05, 0.1) is 6.61 Å². The average Bonchev–Trinajstić information content (AvgIpc) is 2.89. The molecule has 0 aliphatic rings. The third kappa shape index (κ3) is 9.15. The van der Waals surface area contributed by atoms with Crippen LogP contribution in [0.15, 0.2) is 89.4 Å². The van der Waals surface area contributed by atoms with E-state index in [2.05, 4.69) is 35.1 Å². The van der Waals surface area contributed by atoms with Crippen LogP contribution in [0.2, 0.25) is 0 Å². The Morgan fingerprint density at radius 3 is 2.17 bits per heavy atom. The van der Waals surface area contributed by atoms with Crippen LogP contribution in [0.4, 0.5) is 0 Å². The number of nitrogens with zero attached hydrogens (tertiary/aromatic N) is 1. The minimum absolute atomic E-state index is 0.0600. The first kappa shape index (κ1) is 27.5. The fourth-order valence-corrected chi connectivity index (χ4v) is 4.10. The molecule has 3 rings (SSSR count). The smallest absolute Gasteiger partial charge is 0.243 e. The topological polar surface area (TPSA) is 58.6 Å². The molecular formula is C30H35BrN2O3. The predicted molar refractivity (Wildman–Crippen MR) is 148 cm³/mol. The second-order valence-electron chi connectivity index (χ2n) is 9.26. The molecular weight excluding hydrogens is 516 g/mol. The third-order valence-corrected chi connectivity index (χ3v) is 6.30. The number of nitrogens with one attached hydrogen (secondary N) is 1. The highest BCUT2D eigenvalue weighted by Crippen LogP contribution is 2.18. The molecule has 36 heavy (non-hydrogen) atoms. The van der Waals surface area contributed by atoms with Crippen molar-refractivity contribution in [2.45, 2.75) is 45.7 Å². The Hall–Kier alpha value is -3.12. The summed E-state index contributed by atoms with van der Waals surface area (Å²) < 4.78 is 6.75. The summed E-state index contributed by atoms with van der Waals surface area (Å²) in [6, 6.07) is 26.7. The fourth-order valence-electron chi connectivity index (χ4n) is 3.84. The zero-order valence-corrected chi connectivity index (χ0v) is 22.6. The molecule has 0 fully saturated rings. The molecule has 0 unspecified atom stereocenters. The number of para-hydroxylation sites is 1. The molecule has 0 saturated carbocycles. The second-order valence-corrected chi connectivity index (χ2v) is 10.2. The average molecular weight is 552 g/mol. The van der Waals surface area contributed by atoms with Gasteiger partial charge in [-0.05, 0) is 47.7 Å². The third-order valence-electron chi connectivity index (χ3n) is 5.77. The molecule has 6 heteroatoms. The van der Waals surface area contributed by atoms with Crippen molar-refractivity contribution in [1.29, 1.82) is 0 Å². The van der Waals surface area contributed by atoms with Crippen molar-refractivity contribution in [3.8, 4) is 5.75 Å². The maximum absolute atomic E-state index is 13.6. The minimum Gasteiger partial charge on any atom is -0.494 e. The molecule has 0 radical (unpaired) electrons. The summed E-state index contributed by atoms with van der Waals surface area (Å²) in [6.45, 7) is 5.48. The van der Waals surface area contributed by atoms with Crippen molar-refractivity contribution < 1.29 is 14.3 Å². The molecule has 2 amide bonds. The lowest BCUT2D eigenvalue weighted by molar-refractivity contribution is -0.141. The van der Waals surface area contributed by atoms with E-state index in [0.29, 0.717) is 44.9 Å². The van der Waals surface area contributed by atoms with Gasteiger partial charge >= 0.3 is 0 Å². The quantitative estimate of drug-likeness (QED) is 0.265. The highest BCUT2D eigenvalue weighted by atomic mass is 79.9. The van der Waals surface area contributed by atoms with E-state index in [1.165, 1.54) is 0 Å². The van der Waals surface area contributed by atoms with Gasteiger partial charge in [-0.3, -0.25) is 9.59 Å². The zero-order valence-electron chi connectivity index (χ0n) is 21.0. The molecule has 3 aromatic carbocycles. The normalized spacial score (nSPS) is 11.7. The Bertz CT molecular complexity index is 1070. The summed E-state index contributed by atoms with van der Waals surface area (Å²) in [4.78, 5) is 28.7. The maximum atomic E-state index is 13.6. The van der Waals surface area contributed by atoms with Crippen molar-refractivity contribution in [2.24, 2.45) is 5.92 Å². The highest BCUT2D eigenvalue weighted by molar-refractivity contribution is 9.10. The summed E-state index contributed by atoms with van der Waals surface area (Å²) in [5.41, 5.74) is 1.99. The van der Waals surface area contributed by atoms with Crippen molar-refractivity contribution in [1.82, 2.24) is 10.2 Å². The number of halogens is 1. The Morgan fingerprint density at radius 2 is 1.53 bits per heavy atom. The molecule has 0 aliphatic carbocycles. The number of carbonyl (C=O) groups is 2. The van der Waals surface area contributed by atoms with Gasteiger partial charge in [-0.25, -0.2) is 0 Å². The first-order valence-electron chi connectivity index (χ1n) is 12.5. The maximum Gasteiger partial charge on any atom is 0.243 e. The van der Waals surface area contributed by atoms with Gasteiger partial charge < -0.3 is 15.0 Å². The Kier molecular flexibility index (Phi) is 11.0. The largest absolute Gasteiger partial charge is 0.494 e. The number of hydrogen-bond donors (Lipinski definition) is 1. The molecule has 0 aromatic heterocycles. The molecule has 0 saturated heterocycles. The Balaban J connectivity index is 1.78. The van der Waals surface area contributed by atoms with E-state index in [4.69, 9.17) is 4.74 Å². The molecule has 1 N–H and O–H groups in total. The summed E-state index contributed by atoms with van der Waals surface area (Å²) >= 11 is 3.47. The fraction of sp³-hybridized carbons (Fsp3) is 0.333. The number of amides is 2. The van der Waals surface area contributed by atoms with E-state index in [9.17, 15) is 9.59 Å². The van der Waals surface area contributed by atoms with Gasteiger partial charge in [-0.15, -0.1) is 0 Å². The van der Waals surface area contributed by atoms with Gasteiger partial charge in [0, 0.05) is 30.4 Å². The van der Waals surface area contributed by atoms with Gasteiger partial charge in [0.15, 0.2) is 0 Å². The van der Waals surface area contributed by atoms with E-state index in [0.717, 1.165) is 21.3 Å². The van der Waals surface area contributed by atoms with Crippen molar-refractivity contribution in [2.75, 3.05) is 13.2 Å². The molecule has 5 nitrogen and oxygen atoms in total. The first-order valence-corrected chi connectivity index (χ1v) is 13.2. The number of hydrogen-bond acceptors (Lipinski definition) is 3. The predicted octanol–water partition coefficient (Wildman–Crippen LogP) is 6.02. The van der Waals surface area contributed by atoms with Crippen LogP contribution in [-0.4, -0.2) is 35.9 Å². The summed E-state index contributed by atoms with van der Waals surface area (Å²) in [5, 5.41) is 3.06. The molecule has 0 heterocycles. The molecule has 0 spiro atoms. The Labute approximate surface area is 223 Å². The molecule has 1 atom stereocenters. The summed E-state index contributed by atoms with van der Waals surface area (Å²) in [6.07, 6.45) is 1.32. The monoisotopic (exact) mass is 550 g/mol. The van der Waals surface area contributed by atoms with Crippen LogP contribution in [0, 0.1) is 5.92 Å². The van der Waals surface area contributed by atoms with Crippen LogP contribution >= 0.6 is 15.9 Å². The van der Waals surface area contributed by atoms with Crippen LogP contribution in [0.5, 0.6) is 5.75 Å². The lowest BCUT2D eigenvalue weighted by atomic mass is 10.0. The van der Waals surface area contributed by atoms with Crippen molar-refractivity contribution in [3.05, 3.63) is 101 Å². The van der Waals surface area contributed by atoms with Crippen molar-refractivity contribution >= 4 is 27.7 Å². The van der Waals surface area contributed by atoms with Gasteiger partial charge in [0.2, 0.25) is 11.8 Å². The molecule has 3 aromatic rings. The number of ether oxygens (including phenoxy) is 1. The van der Waals surface area contributed by atoms with Gasteiger partial charge in [0.1, 0.15) is 11.8 Å². The summed E-state index contributed by atoms with van der Waals surface area (Å²) in [5.74, 6) is 0.914. The van der Waals surface area contributed by atoms with Crippen LogP contribution < -0.4 is 10.1 Å². The van der Waals surface area contributed by atoms with Crippen LogP contribution in [0.1, 0.15) is 37.8 Å². The number of benzene rings is 3. The zero-order chi connectivity index (χ0) is 25.8. The van der Waals surface area contributed by atoms with Gasteiger partial charge in [0.25, 0.3) is 0 Å². The van der Waals surface area contributed by atoms with E-state index in [1.807, 2.05) is 84.9 Å². The van der Waals surface area contributed by atoms with Crippen LogP contribution in [0.25, 0.3) is 0 Å². The van der Waals surface area contributed by atoms with Crippen molar-refractivity contribution in [3.63, 3.8) is 0 Å². The molecule has 0 bridgehead atoms. The lowest BCUT2D eigenvalue weighted by Gasteiger charge is -2.32. The minimum atomic E-state index is -0.614. The Morgan fingerprint density at radius 1 is 0.889 bits per heavy atom. The number of carbonyl (C=O) groups excluding carboxylic acids is 2. The summed E-state index contributed by atoms with van der Waals surface area (Å²) in [7, 11) is 0.